The van der Waals surface area contributed by atoms with Crippen LogP contribution in [0.2, 0.25) is 0 Å². The van der Waals surface area contributed by atoms with E-state index < -0.39 is 0 Å². The molecule has 114 valence electrons. The van der Waals surface area contributed by atoms with E-state index in [0.717, 1.165) is 19.3 Å². The smallest absolute Gasteiger partial charge is 0.256 e. The van der Waals surface area contributed by atoms with E-state index in [2.05, 4.69) is 0 Å². The third-order valence-corrected chi connectivity index (χ3v) is 4.63. The number of amides is 1. The maximum atomic E-state index is 12.7. The molecule has 0 radical (unpaired) electrons. The van der Waals surface area contributed by atoms with Gasteiger partial charge in [0.2, 0.25) is 0 Å². The van der Waals surface area contributed by atoms with Crippen molar-refractivity contribution in [1.29, 1.82) is 0 Å². The number of phenolic OH excluding ortho intramolecular Hbond substituents is 1. The molecule has 1 aliphatic carbocycles. The molecule has 1 amide bonds. The molecule has 1 atom stereocenters. The summed E-state index contributed by atoms with van der Waals surface area (Å²) in [5.41, 5.74) is 6.59. The fraction of sp³-hybridized carbons (Fsp3) is 0.533. The molecule has 2 aliphatic rings. The van der Waals surface area contributed by atoms with Crippen molar-refractivity contribution in [2.75, 3.05) is 26.0 Å². The zero-order valence-corrected chi connectivity index (χ0v) is 12.0. The average molecular weight is 292 g/mol. The SMILES string of the molecule is COc1cc(C(=O)N2CC3(CC3)CC2CO)c(N)cc1O. The van der Waals surface area contributed by atoms with Crippen LogP contribution in [0.3, 0.4) is 0 Å². The van der Waals surface area contributed by atoms with Gasteiger partial charge in [-0.15, -0.1) is 0 Å². The minimum Gasteiger partial charge on any atom is -0.504 e. The molecule has 1 heterocycles. The Labute approximate surface area is 123 Å². The first-order valence-electron chi connectivity index (χ1n) is 7.08. The zero-order valence-electron chi connectivity index (χ0n) is 12.0. The van der Waals surface area contributed by atoms with Gasteiger partial charge in [-0.25, -0.2) is 0 Å². The summed E-state index contributed by atoms with van der Waals surface area (Å²) >= 11 is 0. The van der Waals surface area contributed by atoms with Crippen LogP contribution in [0.25, 0.3) is 0 Å². The highest BCUT2D eigenvalue weighted by Gasteiger charge is 2.53. The normalized spacial score (nSPS) is 22.6. The Morgan fingerprint density at radius 1 is 1.52 bits per heavy atom. The van der Waals surface area contributed by atoms with E-state index in [0.29, 0.717) is 12.1 Å². The number of ether oxygens (including phenoxy) is 1. The quantitative estimate of drug-likeness (QED) is 0.721. The van der Waals surface area contributed by atoms with Crippen molar-refractivity contribution in [3.05, 3.63) is 17.7 Å². The van der Waals surface area contributed by atoms with Gasteiger partial charge in [0, 0.05) is 18.3 Å². The number of nitrogen functional groups attached to an aromatic ring is 1. The van der Waals surface area contributed by atoms with E-state index in [9.17, 15) is 15.0 Å². The molecule has 1 saturated carbocycles. The Balaban J connectivity index is 1.91. The van der Waals surface area contributed by atoms with E-state index in [1.54, 1.807) is 4.90 Å². The monoisotopic (exact) mass is 292 g/mol. The molecule has 0 aromatic heterocycles. The van der Waals surface area contributed by atoms with Crippen LogP contribution >= 0.6 is 0 Å². The summed E-state index contributed by atoms with van der Waals surface area (Å²) in [4.78, 5) is 14.4. The van der Waals surface area contributed by atoms with Crippen LogP contribution in [0.15, 0.2) is 12.1 Å². The van der Waals surface area contributed by atoms with Gasteiger partial charge in [-0.1, -0.05) is 0 Å². The standard InChI is InChI=1S/C15H20N2O4/c1-21-13-4-10(11(16)5-12(13)19)14(20)17-8-15(2-3-15)6-9(17)7-18/h4-5,9,18-19H,2-3,6-8,16H2,1H3. The van der Waals surface area contributed by atoms with E-state index in [4.69, 9.17) is 10.5 Å². The van der Waals surface area contributed by atoms with E-state index in [-0.39, 0.29) is 41.2 Å². The predicted octanol–water partition coefficient (Wildman–Crippen LogP) is 0.970. The lowest BCUT2D eigenvalue weighted by molar-refractivity contribution is 0.0674. The van der Waals surface area contributed by atoms with E-state index in [1.807, 2.05) is 0 Å². The van der Waals surface area contributed by atoms with Crippen LogP contribution in [0.5, 0.6) is 11.5 Å². The second kappa shape index (κ2) is 4.80. The average Bonchev–Trinajstić information content (AvgIpc) is 3.10. The minimum atomic E-state index is -0.214. The van der Waals surface area contributed by atoms with Gasteiger partial charge in [-0.05, 0) is 30.7 Å². The number of hydrogen-bond acceptors (Lipinski definition) is 5. The van der Waals surface area contributed by atoms with Gasteiger partial charge in [0.05, 0.1) is 25.3 Å². The van der Waals surface area contributed by atoms with Crippen molar-refractivity contribution >= 4 is 11.6 Å². The number of aliphatic hydroxyl groups excluding tert-OH is 1. The molecule has 2 fully saturated rings. The second-order valence-electron chi connectivity index (χ2n) is 6.08. The molecular weight excluding hydrogens is 272 g/mol. The summed E-state index contributed by atoms with van der Waals surface area (Å²) in [6.45, 7) is 0.627. The largest absolute Gasteiger partial charge is 0.504 e. The first kappa shape index (κ1) is 14.0. The van der Waals surface area contributed by atoms with Gasteiger partial charge < -0.3 is 25.6 Å². The number of anilines is 1. The van der Waals surface area contributed by atoms with Crippen LogP contribution < -0.4 is 10.5 Å². The zero-order chi connectivity index (χ0) is 15.2. The molecule has 4 N–H and O–H groups in total. The molecule has 1 aromatic rings. The minimum absolute atomic E-state index is 0.0391. The highest BCUT2D eigenvalue weighted by molar-refractivity contribution is 6.00. The summed E-state index contributed by atoms with van der Waals surface area (Å²) < 4.78 is 5.03. The topological polar surface area (TPSA) is 96.0 Å². The summed E-state index contributed by atoms with van der Waals surface area (Å²) in [7, 11) is 1.42. The summed E-state index contributed by atoms with van der Waals surface area (Å²) in [6.07, 6.45) is 3.08. The maximum Gasteiger partial charge on any atom is 0.256 e. The van der Waals surface area contributed by atoms with Crippen molar-refractivity contribution in [1.82, 2.24) is 4.90 Å². The number of hydrogen-bond donors (Lipinski definition) is 3. The summed E-state index contributed by atoms with van der Waals surface area (Å²) in [6, 6.07) is 2.63. The lowest BCUT2D eigenvalue weighted by Crippen LogP contribution is -2.38. The number of methoxy groups -OCH3 is 1. The number of benzene rings is 1. The van der Waals surface area contributed by atoms with Gasteiger partial charge in [0.25, 0.3) is 5.91 Å². The first-order valence-corrected chi connectivity index (χ1v) is 7.08. The molecule has 1 aromatic carbocycles. The molecule has 1 spiro atoms. The molecule has 1 aliphatic heterocycles. The van der Waals surface area contributed by atoms with Crippen LogP contribution in [0.1, 0.15) is 29.6 Å². The van der Waals surface area contributed by atoms with Gasteiger partial charge in [0.15, 0.2) is 11.5 Å². The number of carbonyl (C=O) groups is 1. The fourth-order valence-electron chi connectivity index (χ4n) is 3.19. The molecule has 21 heavy (non-hydrogen) atoms. The van der Waals surface area contributed by atoms with Crippen molar-refractivity contribution in [3.8, 4) is 11.5 Å². The van der Waals surface area contributed by atoms with Crippen molar-refractivity contribution in [3.63, 3.8) is 0 Å². The Kier molecular flexibility index (Phi) is 3.20. The van der Waals surface area contributed by atoms with Crippen LogP contribution in [-0.2, 0) is 0 Å². The summed E-state index contributed by atoms with van der Waals surface area (Å²) in [5.74, 6) is -0.0904. The third-order valence-electron chi connectivity index (χ3n) is 4.63. The molecule has 1 unspecified atom stereocenters. The molecule has 6 nitrogen and oxygen atoms in total. The lowest BCUT2D eigenvalue weighted by atomic mass is 10.0. The Morgan fingerprint density at radius 2 is 2.24 bits per heavy atom. The number of likely N-dealkylation sites (tertiary alicyclic amines) is 1. The molecule has 0 bridgehead atoms. The number of nitrogens with zero attached hydrogens (tertiary/aromatic N) is 1. The van der Waals surface area contributed by atoms with Crippen LogP contribution in [0, 0.1) is 5.41 Å². The van der Waals surface area contributed by atoms with Gasteiger partial charge >= 0.3 is 0 Å². The number of nitrogens with two attached hydrogens (primary N) is 1. The predicted molar refractivity (Wildman–Crippen MR) is 77.3 cm³/mol. The Hall–Kier alpha value is -1.95. The highest BCUT2D eigenvalue weighted by atomic mass is 16.5. The van der Waals surface area contributed by atoms with Crippen molar-refractivity contribution in [2.24, 2.45) is 5.41 Å². The van der Waals surface area contributed by atoms with Crippen molar-refractivity contribution < 1.29 is 19.7 Å². The molecular formula is C15H20N2O4. The molecule has 3 rings (SSSR count). The van der Waals surface area contributed by atoms with Crippen LogP contribution in [-0.4, -0.2) is 47.3 Å². The molecule has 1 saturated heterocycles. The lowest BCUT2D eigenvalue weighted by Gasteiger charge is -2.24. The Bertz CT molecular complexity index is 583. The third kappa shape index (κ3) is 2.29. The number of aliphatic hydroxyl groups is 1. The second-order valence-corrected chi connectivity index (χ2v) is 6.08. The number of phenols is 1. The van der Waals surface area contributed by atoms with Crippen LogP contribution in [0.4, 0.5) is 5.69 Å². The van der Waals surface area contributed by atoms with E-state index >= 15 is 0 Å². The Morgan fingerprint density at radius 3 is 2.81 bits per heavy atom. The summed E-state index contributed by atoms with van der Waals surface area (Å²) in [5, 5.41) is 19.2. The fourth-order valence-corrected chi connectivity index (χ4v) is 3.19. The van der Waals surface area contributed by atoms with Gasteiger partial charge in [0.1, 0.15) is 0 Å². The highest BCUT2D eigenvalue weighted by Crippen LogP contribution is 2.55. The number of rotatable bonds is 3. The maximum absolute atomic E-state index is 12.7. The number of aromatic hydroxyl groups is 1. The first-order chi connectivity index (χ1) is 9.99. The van der Waals surface area contributed by atoms with E-state index in [1.165, 1.54) is 19.2 Å². The van der Waals surface area contributed by atoms with Crippen molar-refractivity contribution in [2.45, 2.75) is 25.3 Å². The molecule has 6 heteroatoms. The van der Waals surface area contributed by atoms with Gasteiger partial charge in [-0.3, -0.25) is 4.79 Å². The van der Waals surface area contributed by atoms with Gasteiger partial charge in [-0.2, -0.15) is 0 Å². The number of carbonyl (C=O) groups excluding carboxylic acids is 1.